The van der Waals surface area contributed by atoms with Crippen LogP contribution < -0.4 is 19.7 Å². The van der Waals surface area contributed by atoms with Crippen LogP contribution in [-0.4, -0.2) is 51.3 Å². The summed E-state index contributed by atoms with van der Waals surface area (Å²) in [5, 5.41) is 3.21. The molecule has 2 heterocycles. The number of hydrogen-bond acceptors (Lipinski definition) is 8. The molecule has 0 unspecified atom stereocenters. The summed E-state index contributed by atoms with van der Waals surface area (Å²) in [7, 11) is -3.75. The van der Waals surface area contributed by atoms with E-state index >= 15 is 0 Å². The van der Waals surface area contributed by atoms with Crippen LogP contribution in [0.25, 0.3) is 0 Å². The Kier molecular flexibility index (Phi) is 7.42. The molecule has 0 saturated carbocycles. The van der Waals surface area contributed by atoms with Crippen molar-refractivity contribution in [2.24, 2.45) is 0 Å². The maximum atomic E-state index is 13.0. The minimum Gasteiger partial charge on any atom is -0.493 e. The van der Waals surface area contributed by atoms with Gasteiger partial charge in [-0.15, -0.1) is 0 Å². The zero-order valence-corrected chi connectivity index (χ0v) is 21.3. The first kappa shape index (κ1) is 24.7. The molecule has 1 aromatic heterocycles. The molecule has 9 nitrogen and oxygen atoms in total. The van der Waals surface area contributed by atoms with Crippen molar-refractivity contribution in [1.82, 2.24) is 9.97 Å². The molecule has 0 spiro atoms. The van der Waals surface area contributed by atoms with E-state index in [9.17, 15) is 8.42 Å². The molecule has 1 fully saturated rings. The highest BCUT2D eigenvalue weighted by atomic mass is 32.2. The molecule has 4 rings (SSSR count). The summed E-state index contributed by atoms with van der Waals surface area (Å²) in [6.45, 7) is 11.0. The predicted octanol–water partition coefficient (Wildman–Crippen LogP) is 4.18. The average molecular weight is 498 g/mol. The lowest BCUT2D eigenvalue weighted by Gasteiger charge is -2.28. The fourth-order valence-electron chi connectivity index (χ4n) is 3.96. The Hall–Kier alpha value is -3.37. The van der Waals surface area contributed by atoms with E-state index in [1.54, 1.807) is 36.4 Å². The second-order valence-electron chi connectivity index (χ2n) is 8.42. The summed E-state index contributed by atoms with van der Waals surface area (Å²) in [4.78, 5) is 11.5. The number of anilines is 4. The van der Waals surface area contributed by atoms with Gasteiger partial charge in [-0.2, -0.15) is 4.98 Å². The van der Waals surface area contributed by atoms with Crippen LogP contribution in [0.2, 0.25) is 0 Å². The Labute approximate surface area is 206 Å². The van der Waals surface area contributed by atoms with Gasteiger partial charge in [-0.05, 0) is 75.2 Å². The maximum Gasteiger partial charge on any atom is 0.261 e. The van der Waals surface area contributed by atoms with Crippen LogP contribution in [-0.2, 0) is 14.8 Å². The van der Waals surface area contributed by atoms with E-state index in [4.69, 9.17) is 9.47 Å². The maximum absolute atomic E-state index is 13.0. The van der Waals surface area contributed by atoms with Crippen molar-refractivity contribution in [1.29, 1.82) is 0 Å². The van der Waals surface area contributed by atoms with Crippen molar-refractivity contribution in [3.8, 4) is 5.75 Å². The van der Waals surface area contributed by atoms with Crippen LogP contribution in [0.5, 0.6) is 5.75 Å². The zero-order chi connectivity index (χ0) is 25.0. The molecule has 0 radical (unpaired) electrons. The standard InChI is InChI=1S/C25H31N5O4S/c1-5-34-24-17(2)14-22(15-18(24)3)35(31,32)29-21-8-6-20(7-9-21)27-25-26-19(4)16-23(28-25)30-10-12-33-13-11-30/h6-9,14-16,29H,5,10-13H2,1-4H3,(H,26,27,28). The van der Waals surface area contributed by atoms with E-state index in [1.165, 1.54) is 0 Å². The van der Waals surface area contributed by atoms with E-state index in [2.05, 4.69) is 24.9 Å². The van der Waals surface area contributed by atoms with Gasteiger partial charge in [0, 0.05) is 36.2 Å². The summed E-state index contributed by atoms with van der Waals surface area (Å²) in [5.74, 6) is 2.06. The number of nitrogens with zero attached hydrogens (tertiary/aromatic N) is 3. The van der Waals surface area contributed by atoms with E-state index in [0.29, 0.717) is 31.5 Å². The topological polar surface area (TPSA) is 106 Å². The minimum absolute atomic E-state index is 0.196. The molecule has 0 amide bonds. The molecular formula is C25H31N5O4S. The highest BCUT2D eigenvalue weighted by Gasteiger charge is 2.18. The molecule has 2 aromatic carbocycles. The highest BCUT2D eigenvalue weighted by Crippen LogP contribution is 2.28. The van der Waals surface area contributed by atoms with Gasteiger partial charge in [0.25, 0.3) is 10.0 Å². The van der Waals surface area contributed by atoms with E-state index in [-0.39, 0.29) is 4.90 Å². The number of morpholine rings is 1. The monoisotopic (exact) mass is 497 g/mol. The Morgan fingerprint density at radius 2 is 1.60 bits per heavy atom. The third-order valence-electron chi connectivity index (χ3n) is 5.60. The van der Waals surface area contributed by atoms with Crippen LogP contribution in [0, 0.1) is 20.8 Å². The van der Waals surface area contributed by atoms with Crippen LogP contribution in [0.1, 0.15) is 23.7 Å². The highest BCUT2D eigenvalue weighted by molar-refractivity contribution is 7.92. The number of rotatable bonds is 8. The predicted molar refractivity (Wildman–Crippen MR) is 137 cm³/mol. The number of ether oxygens (including phenoxy) is 2. The van der Waals surface area contributed by atoms with Gasteiger partial charge in [-0.3, -0.25) is 4.72 Å². The smallest absolute Gasteiger partial charge is 0.261 e. The van der Waals surface area contributed by atoms with E-state index < -0.39 is 10.0 Å². The third kappa shape index (κ3) is 6.01. The first-order chi connectivity index (χ1) is 16.7. The lowest BCUT2D eigenvalue weighted by molar-refractivity contribution is 0.122. The molecule has 0 aliphatic carbocycles. The summed E-state index contributed by atoms with van der Waals surface area (Å²) >= 11 is 0. The Bertz CT molecular complexity index is 1270. The third-order valence-corrected chi connectivity index (χ3v) is 6.96. The van der Waals surface area contributed by atoms with Crippen LogP contribution in [0.15, 0.2) is 47.4 Å². The summed E-state index contributed by atoms with van der Waals surface area (Å²) in [5.41, 5.74) is 3.62. The molecule has 1 saturated heterocycles. The number of aromatic nitrogens is 2. The van der Waals surface area contributed by atoms with Gasteiger partial charge >= 0.3 is 0 Å². The number of aryl methyl sites for hydroxylation is 3. The summed E-state index contributed by atoms with van der Waals surface area (Å²) < 4.78 is 39.6. The van der Waals surface area contributed by atoms with Crippen molar-refractivity contribution < 1.29 is 17.9 Å². The molecule has 0 bridgehead atoms. The van der Waals surface area contributed by atoms with Crippen LogP contribution in [0.3, 0.4) is 0 Å². The van der Waals surface area contributed by atoms with Gasteiger partial charge in [0.2, 0.25) is 5.95 Å². The molecule has 0 atom stereocenters. The van der Waals surface area contributed by atoms with Crippen molar-refractivity contribution in [3.05, 3.63) is 59.3 Å². The number of nitrogens with one attached hydrogen (secondary N) is 2. The van der Waals surface area contributed by atoms with Gasteiger partial charge in [-0.25, -0.2) is 13.4 Å². The molecule has 1 aliphatic rings. The molecule has 1 aliphatic heterocycles. The quantitative estimate of drug-likeness (QED) is 0.477. The lowest BCUT2D eigenvalue weighted by atomic mass is 10.1. The van der Waals surface area contributed by atoms with Gasteiger partial charge in [0.05, 0.1) is 24.7 Å². The molecule has 2 N–H and O–H groups in total. The van der Waals surface area contributed by atoms with E-state index in [0.717, 1.165) is 47.2 Å². The SMILES string of the molecule is CCOc1c(C)cc(S(=O)(=O)Nc2ccc(Nc3nc(C)cc(N4CCOCC4)n3)cc2)cc1C. The van der Waals surface area contributed by atoms with Crippen molar-refractivity contribution in [2.45, 2.75) is 32.6 Å². The Morgan fingerprint density at radius 3 is 2.23 bits per heavy atom. The zero-order valence-electron chi connectivity index (χ0n) is 20.5. The number of hydrogen-bond donors (Lipinski definition) is 2. The molecule has 10 heteroatoms. The minimum atomic E-state index is -3.75. The molecule has 3 aromatic rings. The number of sulfonamides is 1. The van der Waals surface area contributed by atoms with Gasteiger partial charge in [0.1, 0.15) is 11.6 Å². The second kappa shape index (κ2) is 10.5. The average Bonchev–Trinajstić information content (AvgIpc) is 2.82. The second-order valence-corrected chi connectivity index (χ2v) is 10.1. The van der Waals surface area contributed by atoms with Gasteiger partial charge < -0.3 is 19.7 Å². The first-order valence-electron chi connectivity index (χ1n) is 11.6. The van der Waals surface area contributed by atoms with Crippen LogP contribution in [0.4, 0.5) is 23.1 Å². The number of benzene rings is 2. The fraction of sp³-hybridized carbons (Fsp3) is 0.360. The Balaban J connectivity index is 1.47. The molecular weight excluding hydrogens is 466 g/mol. The van der Waals surface area contributed by atoms with Gasteiger partial charge in [-0.1, -0.05) is 0 Å². The lowest BCUT2D eigenvalue weighted by Crippen LogP contribution is -2.36. The molecule has 35 heavy (non-hydrogen) atoms. The fourth-order valence-corrected chi connectivity index (χ4v) is 5.19. The van der Waals surface area contributed by atoms with Crippen LogP contribution >= 0.6 is 0 Å². The first-order valence-corrected chi connectivity index (χ1v) is 13.1. The van der Waals surface area contributed by atoms with E-state index in [1.807, 2.05) is 33.8 Å². The summed E-state index contributed by atoms with van der Waals surface area (Å²) in [6, 6.07) is 12.2. The largest absolute Gasteiger partial charge is 0.493 e. The normalized spacial score (nSPS) is 14.0. The Morgan fingerprint density at radius 1 is 0.971 bits per heavy atom. The van der Waals surface area contributed by atoms with Gasteiger partial charge in [0.15, 0.2) is 0 Å². The van der Waals surface area contributed by atoms with Crippen molar-refractivity contribution >= 4 is 33.2 Å². The molecule has 186 valence electrons. The summed E-state index contributed by atoms with van der Waals surface area (Å²) in [6.07, 6.45) is 0. The van der Waals surface area contributed by atoms with Crippen molar-refractivity contribution in [3.63, 3.8) is 0 Å². The van der Waals surface area contributed by atoms with Crippen molar-refractivity contribution in [2.75, 3.05) is 47.8 Å².